The van der Waals surface area contributed by atoms with E-state index in [-0.39, 0.29) is 6.09 Å². The van der Waals surface area contributed by atoms with Crippen LogP contribution in [0.2, 0.25) is 0 Å². The summed E-state index contributed by atoms with van der Waals surface area (Å²) in [5.41, 5.74) is -0.402. The van der Waals surface area contributed by atoms with Crippen LogP contribution in [0.3, 0.4) is 0 Å². The number of hydrogen-bond acceptors (Lipinski definition) is 4. The molecular formula is C17H33N3O2. The minimum absolute atomic E-state index is 0.157. The van der Waals surface area contributed by atoms with E-state index >= 15 is 0 Å². The first kappa shape index (κ1) is 17.5. The Hall–Kier alpha value is -0.810. The van der Waals surface area contributed by atoms with E-state index in [9.17, 15) is 4.79 Å². The van der Waals surface area contributed by atoms with Crippen LogP contribution in [0.4, 0.5) is 4.79 Å². The van der Waals surface area contributed by atoms with E-state index in [1.807, 2.05) is 25.7 Å². The van der Waals surface area contributed by atoms with Crippen molar-refractivity contribution in [1.82, 2.24) is 14.7 Å². The summed E-state index contributed by atoms with van der Waals surface area (Å²) in [5, 5.41) is 0. The number of rotatable bonds is 2. The van der Waals surface area contributed by atoms with Gasteiger partial charge in [0, 0.05) is 51.4 Å². The van der Waals surface area contributed by atoms with Crippen molar-refractivity contribution in [3.8, 4) is 0 Å². The maximum Gasteiger partial charge on any atom is 0.410 e. The van der Waals surface area contributed by atoms with E-state index in [0.29, 0.717) is 12.1 Å². The Morgan fingerprint density at radius 3 is 2.00 bits per heavy atom. The lowest BCUT2D eigenvalue weighted by molar-refractivity contribution is 0.00850. The summed E-state index contributed by atoms with van der Waals surface area (Å²) in [6, 6.07) is 1.28. The Labute approximate surface area is 135 Å². The molecule has 1 amide bonds. The van der Waals surface area contributed by atoms with Crippen LogP contribution in [0.15, 0.2) is 0 Å². The molecule has 2 aliphatic heterocycles. The van der Waals surface area contributed by atoms with Crippen LogP contribution in [-0.4, -0.2) is 77.7 Å². The van der Waals surface area contributed by atoms with E-state index in [0.717, 1.165) is 39.0 Å². The summed E-state index contributed by atoms with van der Waals surface area (Å²) in [6.07, 6.45) is 1.98. The smallest absolute Gasteiger partial charge is 0.410 e. The third kappa shape index (κ3) is 4.85. The molecule has 5 nitrogen and oxygen atoms in total. The lowest BCUT2D eigenvalue weighted by atomic mass is 10.0. The summed E-state index contributed by atoms with van der Waals surface area (Å²) in [7, 11) is 0. The van der Waals surface area contributed by atoms with Gasteiger partial charge in [-0.2, -0.15) is 0 Å². The van der Waals surface area contributed by atoms with Crippen molar-refractivity contribution in [2.75, 3.05) is 39.3 Å². The zero-order chi connectivity index (χ0) is 16.3. The molecule has 2 fully saturated rings. The standard InChI is InChI=1S/C17H33N3O2/c1-14(2)18-10-12-19(13-11-18)15-6-8-20(9-7-15)16(21)22-17(3,4)5/h14-15H,6-13H2,1-5H3. The number of ether oxygens (including phenoxy) is 1. The number of piperidine rings is 1. The molecule has 0 bridgehead atoms. The minimum atomic E-state index is -0.402. The summed E-state index contributed by atoms with van der Waals surface area (Å²) in [4.78, 5) is 19.1. The zero-order valence-electron chi connectivity index (χ0n) is 15.0. The molecule has 5 heteroatoms. The van der Waals surface area contributed by atoms with E-state index in [4.69, 9.17) is 4.74 Å². The molecule has 0 spiro atoms. The molecule has 2 heterocycles. The largest absolute Gasteiger partial charge is 0.444 e. The Morgan fingerprint density at radius 1 is 1.00 bits per heavy atom. The summed E-state index contributed by atoms with van der Waals surface area (Å²) in [5.74, 6) is 0. The lowest BCUT2D eigenvalue weighted by Crippen LogP contribution is -2.55. The predicted molar refractivity (Wildman–Crippen MR) is 89.1 cm³/mol. The zero-order valence-corrected chi connectivity index (χ0v) is 15.0. The average Bonchev–Trinajstić information content (AvgIpc) is 2.46. The van der Waals surface area contributed by atoms with Crippen molar-refractivity contribution >= 4 is 6.09 Å². The molecule has 0 N–H and O–H groups in total. The molecule has 22 heavy (non-hydrogen) atoms. The van der Waals surface area contributed by atoms with Crippen molar-refractivity contribution in [3.05, 3.63) is 0 Å². The van der Waals surface area contributed by atoms with Gasteiger partial charge in [-0.3, -0.25) is 9.80 Å². The quantitative estimate of drug-likeness (QED) is 0.785. The number of amides is 1. The molecule has 0 aromatic carbocycles. The number of nitrogens with zero attached hydrogens (tertiary/aromatic N) is 3. The van der Waals surface area contributed by atoms with Crippen molar-refractivity contribution in [3.63, 3.8) is 0 Å². The summed E-state index contributed by atoms with van der Waals surface area (Å²) in [6.45, 7) is 16.6. The molecule has 0 atom stereocenters. The fourth-order valence-electron chi connectivity index (χ4n) is 3.36. The van der Waals surface area contributed by atoms with Crippen LogP contribution in [0.5, 0.6) is 0 Å². The second-order valence-electron chi connectivity index (χ2n) is 7.86. The normalized spacial score (nSPS) is 23.1. The highest BCUT2D eigenvalue weighted by Crippen LogP contribution is 2.20. The number of likely N-dealkylation sites (tertiary alicyclic amines) is 1. The first-order valence-corrected chi connectivity index (χ1v) is 8.72. The topological polar surface area (TPSA) is 36.0 Å². The molecule has 0 aromatic rings. The van der Waals surface area contributed by atoms with Crippen LogP contribution in [-0.2, 0) is 4.74 Å². The third-order valence-corrected chi connectivity index (χ3v) is 4.71. The minimum Gasteiger partial charge on any atom is -0.444 e. The van der Waals surface area contributed by atoms with Gasteiger partial charge in [0.1, 0.15) is 5.60 Å². The molecule has 0 radical (unpaired) electrons. The van der Waals surface area contributed by atoms with Gasteiger partial charge in [-0.25, -0.2) is 4.79 Å². The van der Waals surface area contributed by atoms with Crippen LogP contribution in [0.1, 0.15) is 47.5 Å². The van der Waals surface area contributed by atoms with Crippen LogP contribution < -0.4 is 0 Å². The molecule has 0 aromatic heterocycles. The lowest BCUT2D eigenvalue weighted by Gasteiger charge is -2.43. The molecule has 2 saturated heterocycles. The Balaban J connectivity index is 1.75. The van der Waals surface area contributed by atoms with E-state index < -0.39 is 5.60 Å². The molecule has 0 aliphatic carbocycles. The summed E-state index contributed by atoms with van der Waals surface area (Å²) >= 11 is 0. The van der Waals surface area contributed by atoms with E-state index in [2.05, 4.69) is 23.6 Å². The second-order valence-corrected chi connectivity index (χ2v) is 7.86. The fraction of sp³-hybridized carbons (Fsp3) is 0.941. The molecule has 2 aliphatic rings. The van der Waals surface area contributed by atoms with Crippen LogP contribution >= 0.6 is 0 Å². The Bertz CT molecular complexity index is 363. The van der Waals surface area contributed by atoms with Crippen molar-refractivity contribution in [2.24, 2.45) is 0 Å². The van der Waals surface area contributed by atoms with Gasteiger partial charge in [0.15, 0.2) is 0 Å². The monoisotopic (exact) mass is 311 g/mol. The van der Waals surface area contributed by atoms with Gasteiger partial charge in [-0.05, 0) is 47.5 Å². The van der Waals surface area contributed by atoms with E-state index in [1.54, 1.807) is 0 Å². The number of carbonyl (C=O) groups is 1. The number of piperazine rings is 1. The predicted octanol–water partition coefficient (Wildman–Crippen LogP) is 2.41. The first-order chi connectivity index (χ1) is 10.3. The van der Waals surface area contributed by atoms with Gasteiger partial charge >= 0.3 is 6.09 Å². The highest BCUT2D eigenvalue weighted by atomic mass is 16.6. The van der Waals surface area contributed by atoms with Crippen LogP contribution in [0.25, 0.3) is 0 Å². The van der Waals surface area contributed by atoms with E-state index in [1.165, 1.54) is 13.1 Å². The maximum absolute atomic E-state index is 12.1. The fourth-order valence-corrected chi connectivity index (χ4v) is 3.36. The number of hydrogen-bond donors (Lipinski definition) is 0. The molecular weight excluding hydrogens is 278 g/mol. The van der Waals surface area contributed by atoms with Crippen molar-refractivity contribution in [2.45, 2.75) is 65.1 Å². The van der Waals surface area contributed by atoms with Gasteiger partial charge < -0.3 is 9.64 Å². The molecule has 128 valence electrons. The highest BCUT2D eigenvalue weighted by Gasteiger charge is 2.31. The molecule has 0 unspecified atom stereocenters. The SMILES string of the molecule is CC(C)N1CCN(C2CCN(C(=O)OC(C)(C)C)CC2)CC1. The van der Waals surface area contributed by atoms with Gasteiger partial charge in [0.2, 0.25) is 0 Å². The number of carbonyl (C=O) groups excluding carboxylic acids is 1. The van der Waals surface area contributed by atoms with Crippen LogP contribution in [0, 0.1) is 0 Å². The Morgan fingerprint density at radius 2 is 1.55 bits per heavy atom. The second kappa shape index (κ2) is 7.18. The maximum atomic E-state index is 12.1. The third-order valence-electron chi connectivity index (χ3n) is 4.71. The molecule has 0 saturated carbocycles. The van der Waals surface area contributed by atoms with Gasteiger partial charge in [-0.15, -0.1) is 0 Å². The highest BCUT2D eigenvalue weighted by molar-refractivity contribution is 5.68. The summed E-state index contributed by atoms with van der Waals surface area (Å²) < 4.78 is 5.47. The van der Waals surface area contributed by atoms with Crippen molar-refractivity contribution < 1.29 is 9.53 Å². The van der Waals surface area contributed by atoms with Gasteiger partial charge in [0.25, 0.3) is 0 Å². The van der Waals surface area contributed by atoms with Gasteiger partial charge in [-0.1, -0.05) is 0 Å². The molecule has 2 rings (SSSR count). The first-order valence-electron chi connectivity index (χ1n) is 8.72. The average molecular weight is 311 g/mol. The van der Waals surface area contributed by atoms with Crippen molar-refractivity contribution in [1.29, 1.82) is 0 Å². The van der Waals surface area contributed by atoms with Gasteiger partial charge in [0.05, 0.1) is 0 Å². The Kier molecular flexibility index (Phi) is 5.72.